The fourth-order valence-electron chi connectivity index (χ4n) is 1.52. The van der Waals surface area contributed by atoms with Crippen LogP contribution in [0.2, 0.25) is 0 Å². The summed E-state index contributed by atoms with van der Waals surface area (Å²) in [5.74, 6) is 0.0625. The van der Waals surface area contributed by atoms with Gasteiger partial charge in [0.15, 0.2) is 0 Å². The summed E-state index contributed by atoms with van der Waals surface area (Å²) in [6.07, 6.45) is 7.15. The summed E-state index contributed by atoms with van der Waals surface area (Å²) < 4.78 is 0. The van der Waals surface area contributed by atoms with E-state index in [1.54, 1.807) is 0 Å². The van der Waals surface area contributed by atoms with E-state index in [4.69, 9.17) is 0 Å². The number of carbonyl (C=O) groups is 1. The van der Waals surface area contributed by atoms with Crippen molar-refractivity contribution in [2.24, 2.45) is 11.3 Å². The first-order chi connectivity index (χ1) is 5.08. The molecule has 0 saturated heterocycles. The number of carbonyl (C=O) groups excluding carboxylic acids is 1. The quantitative estimate of drug-likeness (QED) is 0.524. The smallest absolute Gasteiger partial charge is 0.127 e. The van der Waals surface area contributed by atoms with E-state index in [0.29, 0.717) is 0 Å². The Balaban J connectivity index is 2.97. The molecule has 60 valence electrons. The Kier molecular flexibility index (Phi) is 1.99. The summed E-state index contributed by atoms with van der Waals surface area (Å²) in [6, 6.07) is 0. The molecule has 0 heterocycles. The predicted octanol–water partition coefficient (Wildman–Crippen LogP) is 2.34. The molecule has 1 nitrogen and oxygen atoms in total. The normalized spacial score (nSPS) is 27.9. The highest BCUT2D eigenvalue weighted by atomic mass is 16.1. The predicted molar refractivity (Wildman–Crippen MR) is 46.2 cm³/mol. The van der Waals surface area contributed by atoms with Crippen LogP contribution in [0.1, 0.15) is 20.8 Å². The van der Waals surface area contributed by atoms with Gasteiger partial charge < -0.3 is 4.79 Å². The number of hydrogen-bond acceptors (Lipinski definition) is 1. The van der Waals surface area contributed by atoms with Gasteiger partial charge in [0.05, 0.1) is 0 Å². The van der Waals surface area contributed by atoms with E-state index in [1.165, 1.54) is 0 Å². The summed E-state index contributed by atoms with van der Waals surface area (Å²) in [4.78, 5) is 10.7. The van der Waals surface area contributed by atoms with Crippen molar-refractivity contribution in [2.45, 2.75) is 20.8 Å². The van der Waals surface area contributed by atoms with Gasteiger partial charge in [0, 0.05) is 5.92 Å². The molecule has 0 N–H and O–H groups in total. The molecule has 1 rings (SSSR count). The standard InChI is InChI=1S/C10H14O/c1-8-5-4-6-10(2,3)9(8)7-11/h4-7,9H,1-3H3. The zero-order valence-corrected chi connectivity index (χ0v) is 7.29. The molecule has 0 bridgehead atoms. The van der Waals surface area contributed by atoms with Crippen molar-refractivity contribution in [3.63, 3.8) is 0 Å². The maximum Gasteiger partial charge on any atom is 0.127 e. The second kappa shape index (κ2) is 2.65. The molecule has 0 spiro atoms. The Morgan fingerprint density at radius 2 is 2.18 bits per heavy atom. The lowest BCUT2D eigenvalue weighted by Gasteiger charge is -2.30. The molecule has 1 atom stereocenters. The minimum absolute atomic E-state index is 0.000579. The minimum atomic E-state index is 0.000579. The number of hydrogen-bond donors (Lipinski definition) is 0. The van der Waals surface area contributed by atoms with Crippen molar-refractivity contribution < 1.29 is 4.79 Å². The highest BCUT2D eigenvalue weighted by Gasteiger charge is 2.29. The van der Waals surface area contributed by atoms with Gasteiger partial charge in [-0.2, -0.15) is 0 Å². The largest absolute Gasteiger partial charge is 0.303 e. The number of allylic oxidation sites excluding steroid dienone is 4. The molecule has 11 heavy (non-hydrogen) atoms. The highest BCUT2D eigenvalue weighted by Crippen LogP contribution is 2.34. The van der Waals surface area contributed by atoms with Crippen LogP contribution < -0.4 is 0 Å². The summed E-state index contributed by atoms with van der Waals surface area (Å²) in [7, 11) is 0. The van der Waals surface area contributed by atoms with E-state index in [9.17, 15) is 4.79 Å². The van der Waals surface area contributed by atoms with Gasteiger partial charge in [-0.05, 0) is 12.3 Å². The molecule has 1 aliphatic carbocycles. The summed E-state index contributed by atoms with van der Waals surface area (Å²) >= 11 is 0. The van der Waals surface area contributed by atoms with Crippen LogP contribution in [-0.2, 0) is 4.79 Å². The van der Waals surface area contributed by atoms with Crippen molar-refractivity contribution in [1.29, 1.82) is 0 Å². The molecule has 1 aliphatic rings. The topological polar surface area (TPSA) is 17.1 Å². The molecule has 0 amide bonds. The van der Waals surface area contributed by atoms with Crippen LogP contribution in [0.15, 0.2) is 23.8 Å². The van der Waals surface area contributed by atoms with E-state index in [-0.39, 0.29) is 11.3 Å². The van der Waals surface area contributed by atoms with Gasteiger partial charge in [-0.3, -0.25) is 0 Å². The fourth-order valence-corrected chi connectivity index (χ4v) is 1.52. The maximum absolute atomic E-state index is 10.7. The summed E-state index contributed by atoms with van der Waals surface area (Å²) in [5.41, 5.74) is 1.16. The van der Waals surface area contributed by atoms with Crippen LogP contribution in [0, 0.1) is 11.3 Å². The Labute approximate surface area is 67.8 Å². The fraction of sp³-hybridized carbons (Fsp3) is 0.500. The lowest BCUT2D eigenvalue weighted by molar-refractivity contribution is -0.112. The zero-order valence-electron chi connectivity index (χ0n) is 7.29. The van der Waals surface area contributed by atoms with Gasteiger partial charge in [-0.15, -0.1) is 0 Å². The van der Waals surface area contributed by atoms with Gasteiger partial charge in [0.25, 0.3) is 0 Å². The van der Waals surface area contributed by atoms with Crippen molar-refractivity contribution in [3.05, 3.63) is 23.8 Å². The highest BCUT2D eigenvalue weighted by molar-refractivity contribution is 5.62. The Morgan fingerprint density at radius 3 is 2.55 bits per heavy atom. The summed E-state index contributed by atoms with van der Waals surface area (Å²) in [6.45, 7) is 6.17. The minimum Gasteiger partial charge on any atom is -0.303 e. The molecule has 0 saturated carbocycles. The summed E-state index contributed by atoms with van der Waals surface area (Å²) in [5, 5.41) is 0. The lowest BCUT2D eigenvalue weighted by atomic mass is 9.73. The van der Waals surface area contributed by atoms with Crippen LogP contribution in [0.5, 0.6) is 0 Å². The second-order valence-electron chi connectivity index (χ2n) is 3.70. The van der Waals surface area contributed by atoms with Crippen molar-refractivity contribution in [3.8, 4) is 0 Å². The van der Waals surface area contributed by atoms with Crippen LogP contribution in [-0.4, -0.2) is 6.29 Å². The van der Waals surface area contributed by atoms with Crippen molar-refractivity contribution in [2.75, 3.05) is 0 Å². The molecule has 0 aromatic carbocycles. The number of aldehydes is 1. The average molecular weight is 150 g/mol. The van der Waals surface area contributed by atoms with Gasteiger partial charge >= 0.3 is 0 Å². The van der Waals surface area contributed by atoms with Crippen LogP contribution in [0.3, 0.4) is 0 Å². The first-order valence-corrected chi connectivity index (χ1v) is 3.89. The molecule has 0 radical (unpaired) electrons. The third-order valence-electron chi connectivity index (χ3n) is 2.31. The van der Waals surface area contributed by atoms with Gasteiger partial charge in [0.1, 0.15) is 6.29 Å². The van der Waals surface area contributed by atoms with Crippen LogP contribution in [0.4, 0.5) is 0 Å². The third kappa shape index (κ3) is 1.42. The van der Waals surface area contributed by atoms with Crippen LogP contribution in [0.25, 0.3) is 0 Å². The van der Waals surface area contributed by atoms with E-state index in [2.05, 4.69) is 19.9 Å². The average Bonchev–Trinajstić information content (AvgIpc) is 1.86. The number of rotatable bonds is 1. The van der Waals surface area contributed by atoms with E-state index in [0.717, 1.165) is 11.9 Å². The molecular weight excluding hydrogens is 136 g/mol. The van der Waals surface area contributed by atoms with Gasteiger partial charge in [-0.25, -0.2) is 0 Å². The molecule has 0 aromatic rings. The van der Waals surface area contributed by atoms with E-state index >= 15 is 0 Å². The zero-order chi connectivity index (χ0) is 8.48. The lowest BCUT2D eigenvalue weighted by Crippen LogP contribution is -2.25. The molecular formula is C10H14O. The molecule has 0 aliphatic heterocycles. The Bertz CT molecular complexity index is 221. The van der Waals surface area contributed by atoms with Gasteiger partial charge in [0.2, 0.25) is 0 Å². The molecule has 1 heteroatoms. The monoisotopic (exact) mass is 150 g/mol. The Morgan fingerprint density at radius 1 is 1.55 bits per heavy atom. The maximum atomic E-state index is 10.7. The van der Waals surface area contributed by atoms with Crippen LogP contribution >= 0.6 is 0 Å². The SMILES string of the molecule is CC1=CC=CC(C)(C)C1C=O. The third-order valence-corrected chi connectivity index (χ3v) is 2.31. The first kappa shape index (κ1) is 8.25. The molecule has 1 unspecified atom stereocenters. The van der Waals surface area contributed by atoms with Gasteiger partial charge in [-0.1, -0.05) is 37.6 Å². The second-order valence-corrected chi connectivity index (χ2v) is 3.70. The molecule has 0 fully saturated rings. The first-order valence-electron chi connectivity index (χ1n) is 3.89. The van der Waals surface area contributed by atoms with E-state index in [1.807, 2.05) is 19.1 Å². The van der Waals surface area contributed by atoms with E-state index < -0.39 is 0 Å². The Hall–Kier alpha value is -0.850. The van der Waals surface area contributed by atoms with Crippen molar-refractivity contribution >= 4 is 6.29 Å². The van der Waals surface area contributed by atoms with Crippen molar-refractivity contribution in [1.82, 2.24) is 0 Å². The molecule has 0 aromatic heterocycles.